The predicted molar refractivity (Wildman–Crippen MR) is 77.2 cm³/mol. The first-order valence-electron chi connectivity index (χ1n) is 7.47. The SMILES string of the molecule is c1ccc2c(c1)CCN2CCNCC1CCCC1. The molecule has 1 aromatic carbocycles. The quantitative estimate of drug-likeness (QED) is 0.801. The van der Waals surface area contributed by atoms with Gasteiger partial charge in [0.05, 0.1) is 0 Å². The lowest BCUT2D eigenvalue weighted by atomic mass is 10.1. The van der Waals surface area contributed by atoms with Gasteiger partial charge in [0, 0.05) is 25.3 Å². The second-order valence-corrected chi connectivity index (χ2v) is 5.72. The van der Waals surface area contributed by atoms with Crippen LogP contribution in [0.4, 0.5) is 5.69 Å². The van der Waals surface area contributed by atoms with Crippen molar-refractivity contribution in [3.63, 3.8) is 0 Å². The van der Waals surface area contributed by atoms with Crippen molar-refractivity contribution in [2.24, 2.45) is 5.92 Å². The summed E-state index contributed by atoms with van der Waals surface area (Å²) in [4.78, 5) is 2.52. The van der Waals surface area contributed by atoms with Gasteiger partial charge in [-0.1, -0.05) is 31.0 Å². The summed E-state index contributed by atoms with van der Waals surface area (Å²) in [5.74, 6) is 0.955. The Labute approximate surface area is 110 Å². The molecule has 0 amide bonds. The van der Waals surface area contributed by atoms with E-state index in [1.54, 1.807) is 0 Å². The predicted octanol–water partition coefficient (Wildman–Crippen LogP) is 2.83. The van der Waals surface area contributed by atoms with E-state index in [9.17, 15) is 0 Å². The zero-order valence-corrected chi connectivity index (χ0v) is 11.2. The van der Waals surface area contributed by atoms with Gasteiger partial charge in [0.25, 0.3) is 0 Å². The van der Waals surface area contributed by atoms with Crippen LogP contribution in [-0.2, 0) is 6.42 Å². The number of fused-ring (bicyclic) bond motifs is 1. The van der Waals surface area contributed by atoms with Gasteiger partial charge in [-0.25, -0.2) is 0 Å². The molecule has 2 aliphatic rings. The van der Waals surface area contributed by atoms with Crippen molar-refractivity contribution < 1.29 is 0 Å². The molecule has 3 rings (SSSR count). The fourth-order valence-corrected chi connectivity index (χ4v) is 3.37. The second kappa shape index (κ2) is 5.75. The molecule has 0 bridgehead atoms. The molecule has 98 valence electrons. The fraction of sp³-hybridized carbons (Fsp3) is 0.625. The molecule has 1 heterocycles. The molecule has 0 radical (unpaired) electrons. The number of nitrogens with zero attached hydrogens (tertiary/aromatic N) is 1. The van der Waals surface area contributed by atoms with E-state index in [4.69, 9.17) is 0 Å². The van der Waals surface area contributed by atoms with Gasteiger partial charge in [-0.3, -0.25) is 0 Å². The second-order valence-electron chi connectivity index (χ2n) is 5.72. The molecule has 1 aliphatic carbocycles. The van der Waals surface area contributed by atoms with E-state index in [0.29, 0.717) is 0 Å². The zero-order valence-electron chi connectivity index (χ0n) is 11.2. The van der Waals surface area contributed by atoms with E-state index < -0.39 is 0 Å². The Morgan fingerprint density at radius 3 is 2.89 bits per heavy atom. The van der Waals surface area contributed by atoms with Crippen molar-refractivity contribution in [1.82, 2.24) is 5.32 Å². The number of nitrogens with one attached hydrogen (secondary N) is 1. The zero-order chi connectivity index (χ0) is 12.2. The Bertz CT molecular complexity index is 382. The number of benzene rings is 1. The normalized spacial score (nSPS) is 19.4. The first-order valence-corrected chi connectivity index (χ1v) is 7.47. The number of hydrogen-bond acceptors (Lipinski definition) is 2. The molecular weight excluding hydrogens is 220 g/mol. The summed E-state index contributed by atoms with van der Waals surface area (Å²) >= 11 is 0. The Hall–Kier alpha value is -1.02. The summed E-state index contributed by atoms with van der Waals surface area (Å²) < 4.78 is 0. The molecule has 18 heavy (non-hydrogen) atoms. The first-order chi connectivity index (χ1) is 8.93. The Morgan fingerprint density at radius 2 is 2.00 bits per heavy atom. The summed E-state index contributed by atoms with van der Waals surface area (Å²) in [6.07, 6.45) is 7.01. The van der Waals surface area contributed by atoms with Crippen LogP contribution in [0.25, 0.3) is 0 Å². The lowest BCUT2D eigenvalue weighted by Crippen LogP contribution is -2.32. The first kappa shape index (κ1) is 12.0. The molecule has 1 saturated carbocycles. The van der Waals surface area contributed by atoms with Crippen molar-refractivity contribution in [3.8, 4) is 0 Å². The number of para-hydroxylation sites is 1. The van der Waals surface area contributed by atoms with Gasteiger partial charge in [-0.2, -0.15) is 0 Å². The molecule has 2 heteroatoms. The van der Waals surface area contributed by atoms with E-state index in [1.165, 1.54) is 56.4 Å². The average Bonchev–Trinajstić information content (AvgIpc) is 3.04. The van der Waals surface area contributed by atoms with Crippen LogP contribution in [0.2, 0.25) is 0 Å². The van der Waals surface area contributed by atoms with Crippen LogP contribution < -0.4 is 10.2 Å². The number of rotatable bonds is 5. The third-order valence-corrected chi connectivity index (χ3v) is 4.45. The van der Waals surface area contributed by atoms with Crippen LogP contribution in [0.15, 0.2) is 24.3 Å². The standard InChI is InChI=1S/C16H24N2/c1-2-6-14(5-1)13-17-10-12-18-11-9-15-7-3-4-8-16(15)18/h3-4,7-8,14,17H,1-2,5-6,9-13H2. The van der Waals surface area contributed by atoms with Crippen molar-refractivity contribution in [2.45, 2.75) is 32.1 Å². The fourth-order valence-electron chi connectivity index (χ4n) is 3.37. The number of anilines is 1. The van der Waals surface area contributed by atoms with Gasteiger partial charge in [-0.15, -0.1) is 0 Å². The highest BCUT2D eigenvalue weighted by atomic mass is 15.2. The molecule has 2 nitrogen and oxygen atoms in total. The summed E-state index contributed by atoms with van der Waals surface area (Å²) in [7, 11) is 0. The summed E-state index contributed by atoms with van der Waals surface area (Å²) in [6.45, 7) is 4.72. The molecule has 0 saturated heterocycles. The molecule has 0 spiro atoms. The van der Waals surface area contributed by atoms with Crippen LogP contribution >= 0.6 is 0 Å². The third-order valence-electron chi connectivity index (χ3n) is 4.45. The Balaban J connectivity index is 1.41. The van der Waals surface area contributed by atoms with Crippen LogP contribution in [0.3, 0.4) is 0 Å². The molecule has 1 aliphatic heterocycles. The average molecular weight is 244 g/mol. The molecule has 1 aromatic rings. The minimum Gasteiger partial charge on any atom is -0.370 e. The van der Waals surface area contributed by atoms with E-state index in [2.05, 4.69) is 34.5 Å². The maximum atomic E-state index is 3.64. The van der Waals surface area contributed by atoms with Gasteiger partial charge in [0.15, 0.2) is 0 Å². The molecule has 1 fully saturated rings. The van der Waals surface area contributed by atoms with Gasteiger partial charge in [0.1, 0.15) is 0 Å². The highest BCUT2D eigenvalue weighted by Crippen LogP contribution is 2.27. The van der Waals surface area contributed by atoms with Crippen molar-refractivity contribution in [3.05, 3.63) is 29.8 Å². The van der Waals surface area contributed by atoms with Gasteiger partial charge < -0.3 is 10.2 Å². The monoisotopic (exact) mass is 244 g/mol. The maximum absolute atomic E-state index is 3.64. The summed E-state index contributed by atoms with van der Waals surface area (Å²) in [5.41, 5.74) is 2.98. The maximum Gasteiger partial charge on any atom is 0.0399 e. The van der Waals surface area contributed by atoms with Crippen LogP contribution in [0.5, 0.6) is 0 Å². The lowest BCUT2D eigenvalue weighted by Gasteiger charge is -2.20. The van der Waals surface area contributed by atoms with E-state index in [1.807, 2.05) is 0 Å². The van der Waals surface area contributed by atoms with Gasteiger partial charge in [-0.05, 0) is 43.4 Å². The lowest BCUT2D eigenvalue weighted by molar-refractivity contribution is 0.491. The van der Waals surface area contributed by atoms with Crippen molar-refractivity contribution >= 4 is 5.69 Å². The van der Waals surface area contributed by atoms with Gasteiger partial charge >= 0.3 is 0 Å². The Kier molecular flexibility index (Phi) is 3.84. The minimum atomic E-state index is 0.955. The van der Waals surface area contributed by atoms with Crippen molar-refractivity contribution in [1.29, 1.82) is 0 Å². The molecular formula is C16H24N2. The highest BCUT2D eigenvalue weighted by Gasteiger charge is 2.18. The smallest absolute Gasteiger partial charge is 0.0399 e. The highest BCUT2D eigenvalue weighted by molar-refractivity contribution is 5.57. The van der Waals surface area contributed by atoms with E-state index in [0.717, 1.165) is 19.0 Å². The molecule has 0 aromatic heterocycles. The molecule has 0 atom stereocenters. The van der Waals surface area contributed by atoms with Crippen LogP contribution in [-0.4, -0.2) is 26.2 Å². The summed E-state index contributed by atoms with van der Waals surface area (Å²) in [6, 6.07) is 8.84. The topological polar surface area (TPSA) is 15.3 Å². The number of hydrogen-bond donors (Lipinski definition) is 1. The summed E-state index contributed by atoms with van der Waals surface area (Å²) in [5, 5.41) is 3.64. The van der Waals surface area contributed by atoms with E-state index in [-0.39, 0.29) is 0 Å². The van der Waals surface area contributed by atoms with E-state index >= 15 is 0 Å². The largest absolute Gasteiger partial charge is 0.370 e. The van der Waals surface area contributed by atoms with Crippen molar-refractivity contribution in [2.75, 3.05) is 31.1 Å². The minimum absolute atomic E-state index is 0.955. The Morgan fingerprint density at radius 1 is 1.17 bits per heavy atom. The molecule has 1 N–H and O–H groups in total. The third kappa shape index (κ3) is 2.69. The molecule has 0 unspecified atom stereocenters. The van der Waals surface area contributed by atoms with Crippen LogP contribution in [0, 0.1) is 5.92 Å². The van der Waals surface area contributed by atoms with Crippen LogP contribution in [0.1, 0.15) is 31.2 Å². The van der Waals surface area contributed by atoms with Gasteiger partial charge in [0.2, 0.25) is 0 Å².